The molecule has 4 nitrogen and oxygen atoms in total. The molecule has 1 aromatic heterocycles. The van der Waals surface area contributed by atoms with Crippen molar-refractivity contribution in [2.45, 2.75) is 6.92 Å². The predicted octanol–water partition coefficient (Wildman–Crippen LogP) is 3.37. The van der Waals surface area contributed by atoms with Gasteiger partial charge in [0, 0.05) is 5.69 Å². The summed E-state index contributed by atoms with van der Waals surface area (Å²) >= 11 is 5.81. The number of nitriles is 1. The van der Waals surface area contributed by atoms with Gasteiger partial charge in [0.2, 0.25) is 0 Å². The number of benzene rings is 1. The summed E-state index contributed by atoms with van der Waals surface area (Å²) in [5.41, 5.74) is 1.29. The number of nitrogens with one attached hydrogen (secondary N) is 1. The van der Waals surface area contributed by atoms with Gasteiger partial charge in [-0.15, -0.1) is 0 Å². The maximum atomic E-state index is 11.9. The molecule has 0 atom stereocenters. The highest BCUT2D eigenvalue weighted by Gasteiger charge is 2.12. The minimum absolute atomic E-state index is 0.285. The van der Waals surface area contributed by atoms with E-state index in [4.69, 9.17) is 21.3 Å². The van der Waals surface area contributed by atoms with Crippen LogP contribution in [0.4, 0.5) is 5.69 Å². The van der Waals surface area contributed by atoms with E-state index in [2.05, 4.69) is 5.32 Å². The van der Waals surface area contributed by atoms with Crippen LogP contribution in [-0.4, -0.2) is 5.91 Å². The maximum Gasteiger partial charge on any atom is 0.259 e. The van der Waals surface area contributed by atoms with Crippen LogP contribution in [0, 0.1) is 18.3 Å². The topological polar surface area (TPSA) is 66.0 Å². The van der Waals surface area contributed by atoms with Crippen molar-refractivity contribution < 1.29 is 9.21 Å². The molecule has 90 valence electrons. The average Bonchev–Trinajstić information content (AvgIpc) is 2.78. The highest BCUT2D eigenvalue weighted by Crippen LogP contribution is 2.20. The zero-order valence-corrected chi connectivity index (χ0v) is 10.3. The Hall–Kier alpha value is -2.25. The lowest BCUT2D eigenvalue weighted by Gasteiger charge is -2.05. The van der Waals surface area contributed by atoms with E-state index in [0.29, 0.717) is 27.6 Å². The maximum absolute atomic E-state index is 11.9. The number of anilines is 1. The molecular weight excluding hydrogens is 252 g/mol. The molecule has 0 aliphatic carbocycles. The van der Waals surface area contributed by atoms with Gasteiger partial charge in [-0.05, 0) is 31.2 Å². The first-order valence-corrected chi connectivity index (χ1v) is 5.54. The summed E-state index contributed by atoms with van der Waals surface area (Å²) in [7, 11) is 0. The van der Waals surface area contributed by atoms with E-state index in [1.807, 2.05) is 6.07 Å². The molecule has 1 N–H and O–H groups in total. The minimum atomic E-state index is -0.285. The summed E-state index contributed by atoms with van der Waals surface area (Å²) in [6.07, 6.45) is 1.45. The van der Waals surface area contributed by atoms with Crippen molar-refractivity contribution in [2.75, 3.05) is 5.32 Å². The zero-order chi connectivity index (χ0) is 13.1. The number of halogens is 1. The molecule has 1 heterocycles. The van der Waals surface area contributed by atoms with Gasteiger partial charge in [0.25, 0.3) is 5.91 Å². The van der Waals surface area contributed by atoms with Gasteiger partial charge in [-0.3, -0.25) is 4.79 Å². The molecule has 0 unspecified atom stereocenters. The van der Waals surface area contributed by atoms with Crippen molar-refractivity contribution in [1.82, 2.24) is 0 Å². The van der Waals surface area contributed by atoms with E-state index >= 15 is 0 Å². The fraction of sp³-hybridized carbons (Fsp3) is 0.0769. The third-order valence-electron chi connectivity index (χ3n) is 2.45. The Morgan fingerprint density at radius 2 is 2.22 bits per heavy atom. The van der Waals surface area contributed by atoms with Gasteiger partial charge in [-0.1, -0.05) is 11.6 Å². The van der Waals surface area contributed by atoms with Crippen LogP contribution < -0.4 is 5.32 Å². The van der Waals surface area contributed by atoms with Crippen LogP contribution in [0.2, 0.25) is 5.02 Å². The van der Waals surface area contributed by atoms with Crippen LogP contribution in [-0.2, 0) is 0 Å². The first-order valence-electron chi connectivity index (χ1n) is 5.17. The minimum Gasteiger partial charge on any atom is -0.469 e. The molecule has 0 spiro atoms. The van der Waals surface area contributed by atoms with Gasteiger partial charge in [0.05, 0.1) is 22.4 Å². The molecule has 0 aliphatic rings. The second kappa shape index (κ2) is 4.94. The molecule has 0 saturated carbocycles. The first-order chi connectivity index (χ1) is 8.61. The standard InChI is InChI=1S/C13H9ClN2O2/c1-8-11(4-5-18-8)13(17)16-10-2-3-12(14)9(6-10)7-15/h2-6H,1H3,(H,16,17). The average molecular weight is 261 g/mol. The summed E-state index contributed by atoms with van der Waals surface area (Å²) in [6, 6.07) is 8.27. The van der Waals surface area contributed by atoms with Crippen LogP contribution >= 0.6 is 11.6 Å². The molecule has 0 saturated heterocycles. The first kappa shape index (κ1) is 12.2. The molecule has 18 heavy (non-hydrogen) atoms. The normalized spacial score (nSPS) is 9.83. The van der Waals surface area contributed by atoms with Crippen molar-refractivity contribution >= 4 is 23.2 Å². The summed E-state index contributed by atoms with van der Waals surface area (Å²) < 4.78 is 5.05. The molecule has 5 heteroatoms. The molecule has 0 bridgehead atoms. The van der Waals surface area contributed by atoms with Gasteiger partial charge >= 0.3 is 0 Å². The Bertz CT molecular complexity index is 641. The van der Waals surface area contributed by atoms with Gasteiger partial charge in [-0.2, -0.15) is 5.26 Å². The summed E-state index contributed by atoms with van der Waals surface area (Å²) in [5, 5.41) is 11.9. The highest BCUT2D eigenvalue weighted by molar-refractivity contribution is 6.31. The van der Waals surface area contributed by atoms with Crippen LogP contribution in [0.5, 0.6) is 0 Å². The second-order valence-electron chi connectivity index (χ2n) is 3.65. The molecule has 0 radical (unpaired) electrons. The van der Waals surface area contributed by atoms with Gasteiger partial charge in [0.15, 0.2) is 0 Å². The third-order valence-corrected chi connectivity index (χ3v) is 2.78. The molecule has 0 fully saturated rings. The summed E-state index contributed by atoms with van der Waals surface area (Å²) in [4.78, 5) is 11.9. The fourth-order valence-corrected chi connectivity index (χ4v) is 1.67. The van der Waals surface area contributed by atoms with Crippen molar-refractivity contribution in [2.24, 2.45) is 0 Å². The van der Waals surface area contributed by atoms with Gasteiger partial charge in [0.1, 0.15) is 11.8 Å². The Morgan fingerprint density at radius 1 is 1.44 bits per heavy atom. The van der Waals surface area contributed by atoms with E-state index < -0.39 is 0 Å². The lowest BCUT2D eigenvalue weighted by Crippen LogP contribution is -2.12. The van der Waals surface area contributed by atoms with E-state index in [1.165, 1.54) is 12.3 Å². The monoisotopic (exact) mass is 260 g/mol. The molecular formula is C13H9ClN2O2. The molecule has 2 rings (SSSR count). The molecule has 0 aliphatic heterocycles. The highest BCUT2D eigenvalue weighted by atomic mass is 35.5. The van der Waals surface area contributed by atoms with E-state index in [1.54, 1.807) is 25.1 Å². The van der Waals surface area contributed by atoms with Crippen LogP contribution in [0.25, 0.3) is 0 Å². The lowest BCUT2D eigenvalue weighted by molar-refractivity contribution is 0.102. The summed E-state index contributed by atoms with van der Waals surface area (Å²) in [5.74, 6) is 0.259. The van der Waals surface area contributed by atoms with Crippen LogP contribution in [0.3, 0.4) is 0 Å². The molecule has 1 aromatic carbocycles. The van der Waals surface area contributed by atoms with E-state index in [-0.39, 0.29) is 5.91 Å². The number of nitrogens with zero attached hydrogens (tertiary/aromatic N) is 1. The Balaban J connectivity index is 2.23. The van der Waals surface area contributed by atoms with Gasteiger partial charge in [-0.25, -0.2) is 0 Å². The number of carbonyl (C=O) groups excluding carboxylic acids is 1. The number of hydrogen-bond acceptors (Lipinski definition) is 3. The number of carbonyl (C=O) groups is 1. The lowest BCUT2D eigenvalue weighted by atomic mass is 10.2. The summed E-state index contributed by atoms with van der Waals surface area (Å²) in [6.45, 7) is 1.71. The Kier molecular flexibility index (Phi) is 3.35. The van der Waals surface area contributed by atoms with Crippen LogP contribution in [0.1, 0.15) is 21.7 Å². The molecule has 1 amide bonds. The largest absolute Gasteiger partial charge is 0.469 e. The van der Waals surface area contributed by atoms with Gasteiger partial charge < -0.3 is 9.73 Å². The Morgan fingerprint density at radius 3 is 2.83 bits per heavy atom. The fourth-order valence-electron chi connectivity index (χ4n) is 1.51. The number of aryl methyl sites for hydroxylation is 1. The smallest absolute Gasteiger partial charge is 0.259 e. The van der Waals surface area contributed by atoms with E-state index in [0.717, 1.165) is 0 Å². The number of rotatable bonds is 2. The number of hydrogen-bond donors (Lipinski definition) is 1. The Labute approximate surface area is 109 Å². The van der Waals surface area contributed by atoms with Crippen molar-refractivity contribution in [3.63, 3.8) is 0 Å². The van der Waals surface area contributed by atoms with Crippen LogP contribution in [0.15, 0.2) is 34.9 Å². The third kappa shape index (κ3) is 2.36. The van der Waals surface area contributed by atoms with Crippen molar-refractivity contribution in [3.8, 4) is 6.07 Å². The van der Waals surface area contributed by atoms with E-state index in [9.17, 15) is 4.79 Å². The molecule has 2 aromatic rings. The van der Waals surface area contributed by atoms with Crippen molar-refractivity contribution in [3.05, 3.63) is 52.4 Å². The second-order valence-corrected chi connectivity index (χ2v) is 4.06. The zero-order valence-electron chi connectivity index (χ0n) is 9.53. The quantitative estimate of drug-likeness (QED) is 0.900. The van der Waals surface area contributed by atoms with Crippen molar-refractivity contribution in [1.29, 1.82) is 5.26 Å². The predicted molar refractivity (Wildman–Crippen MR) is 67.6 cm³/mol. The number of furan rings is 1. The number of amides is 1. The SMILES string of the molecule is Cc1occc1C(=O)Nc1ccc(Cl)c(C#N)c1.